The molecule has 0 amide bonds. The molecular weight excluding hydrogens is 327 g/mol. The van der Waals surface area contributed by atoms with Crippen molar-refractivity contribution in [2.24, 2.45) is 0 Å². The number of carboxylic acids is 1. The summed E-state index contributed by atoms with van der Waals surface area (Å²) >= 11 is 1.98. The average Bonchev–Trinajstić information content (AvgIpc) is 2.68. The molecule has 0 aromatic carbocycles. The Balaban J connectivity index is 2.21. The van der Waals surface area contributed by atoms with Crippen LogP contribution in [0.15, 0.2) is 21.8 Å². The second-order valence-corrected chi connectivity index (χ2v) is 6.18. The molecule has 10 heteroatoms. The molecule has 2 aromatic rings. The third-order valence-corrected chi connectivity index (χ3v) is 4.38. The maximum atomic E-state index is 12.5. The quantitative estimate of drug-likeness (QED) is 0.866. The number of carbonyl (C=O) groups is 1. The third-order valence-electron chi connectivity index (χ3n) is 2.29. The van der Waals surface area contributed by atoms with E-state index in [0.29, 0.717) is 14.9 Å². The molecule has 0 aliphatic carbocycles. The van der Waals surface area contributed by atoms with Crippen molar-refractivity contribution < 1.29 is 23.1 Å². The number of alkyl halides is 3. The molecule has 0 aliphatic heterocycles. The molecule has 0 unspecified atom stereocenters. The first-order valence-corrected chi connectivity index (χ1v) is 7.15. The average molecular weight is 335 g/mol. The summed E-state index contributed by atoms with van der Waals surface area (Å²) in [6, 6.07) is 0.785. The molecule has 0 saturated carbocycles. The Kier molecular flexibility index (Phi) is 4.47. The minimum atomic E-state index is -4.54. The van der Waals surface area contributed by atoms with Crippen LogP contribution in [-0.4, -0.2) is 26.0 Å². The number of hydrogen-bond donors (Lipinski definition) is 1. The Labute approximate surface area is 125 Å². The van der Waals surface area contributed by atoms with Crippen LogP contribution in [0.2, 0.25) is 0 Å². The van der Waals surface area contributed by atoms with Crippen LogP contribution in [0.25, 0.3) is 0 Å². The summed E-state index contributed by atoms with van der Waals surface area (Å²) < 4.78 is 38.0. The van der Waals surface area contributed by atoms with Crippen LogP contribution in [-0.2, 0) is 17.4 Å². The molecule has 0 atom stereocenters. The highest BCUT2D eigenvalue weighted by Gasteiger charge is 2.32. The number of thiazole rings is 1. The fraction of sp³-hybridized carbons (Fsp3) is 0.273. The highest BCUT2D eigenvalue weighted by Crippen LogP contribution is 2.33. The van der Waals surface area contributed by atoms with Crippen molar-refractivity contribution in [1.29, 1.82) is 0 Å². The Morgan fingerprint density at radius 2 is 2.14 bits per heavy atom. The van der Waals surface area contributed by atoms with Crippen LogP contribution >= 0.6 is 23.1 Å². The second kappa shape index (κ2) is 5.98. The number of hydrogen-bond acceptors (Lipinski definition) is 6. The van der Waals surface area contributed by atoms with Crippen molar-refractivity contribution >= 4 is 29.1 Å². The van der Waals surface area contributed by atoms with E-state index in [2.05, 4.69) is 15.0 Å². The molecule has 5 nitrogen and oxygen atoms in total. The molecule has 2 aromatic heterocycles. The molecule has 0 fully saturated rings. The molecule has 1 N–H and O–H groups in total. The lowest BCUT2D eigenvalue weighted by molar-refractivity contribution is -0.141. The maximum absolute atomic E-state index is 12.5. The molecule has 0 aliphatic rings. The van der Waals surface area contributed by atoms with Gasteiger partial charge in [0.2, 0.25) is 0 Å². The van der Waals surface area contributed by atoms with Crippen LogP contribution in [0.3, 0.4) is 0 Å². The number of rotatable bonds is 4. The monoisotopic (exact) mass is 335 g/mol. The van der Waals surface area contributed by atoms with Gasteiger partial charge in [0.1, 0.15) is 5.69 Å². The normalized spacial score (nSPS) is 11.6. The molecule has 0 radical (unpaired) electrons. The topological polar surface area (TPSA) is 76.0 Å². The highest BCUT2D eigenvalue weighted by atomic mass is 32.2. The maximum Gasteiger partial charge on any atom is 0.433 e. The van der Waals surface area contributed by atoms with Crippen molar-refractivity contribution in [2.75, 3.05) is 0 Å². The number of aromatic nitrogens is 3. The number of carboxylic acid groups (broad SMARTS) is 1. The third kappa shape index (κ3) is 4.14. The first-order chi connectivity index (χ1) is 9.75. The Morgan fingerprint density at radius 3 is 2.76 bits per heavy atom. The summed E-state index contributed by atoms with van der Waals surface area (Å²) in [6.45, 7) is 1.64. The van der Waals surface area contributed by atoms with Crippen LogP contribution in [0, 0.1) is 6.92 Å². The van der Waals surface area contributed by atoms with E-state index in [9.17, 15) is 18.0 Å². The Hall–Kier alpha value is -1.68. The van der Waals surface area contributed by atoms with E-state index in [4.69, 9.17) is 5.11 Å². The fourth-order valence-corrected chi connectivity index (χ4v) is 3.44. The van der Waals surface area contributed by atoms with E-state index in [-0.39, 0.29) is 11.6 Å². The van der Waals surface area contributed by atoms with Crippen LogP contribution < -0.4 is 0 Å². The van der Waals surface area contributed by atoms with Crippen LogP contribution in [0.5, 0.6) is 0 Å². The summed E-state index contributed by atoms with van der Waals surface area (Å²) in [4.78, 5) is 22.5. The summed E-state index contributed by atoms with van der Waals surface area (Å²) in [5.74, 6) is -0.992. The lowest BCUT2D eigenvalue weighted by atomic mass is 10.3. The van der Waals surface area contributed by atoms with Gasteiger partial charge in [0.05, 0.1) is 12.1 Å². The van der Waals surface area contributed by atoms with Gasteiger partial charge in [-0.25, -0.2) is 15.0 Å². The Morgan fingerprint density at radius 1 is 1.43 bits per heavy atom. The smallest absolute Gasteiger partial charge is 0.433 e. The van der Waals surface area contributed by atoms with Gasteiger partial charge in [0, 0.05) is 11.1 Å². The van der Waals surface area contributed by atoms with Crippen molar-refractivity contribution in [1.82, 2.24) is 15.0 Å². The summed E-state index contributed by atoms with van der Waals surface area (Å²) in [6.07, 6.45) is -3.68. The standard InChI is InChI=1S/C11H8F3N3O2S2/c1-5-6(4-8(18)19)20-10(16-5)21-9-15-3-2-7(17-9)11(12,13)14/h2-3H,4H2,1H3,(H,18,19). The SMILES string of the molecule is Cc1nc(Sc2nccc(C(F)(F)F)n2)sc1CC(=O)O. The zero-order valence-corrected chi connectivity index (χ0v) is 12.1. The van der Waals surface area contributed by atoms with Crippen LogP contribution in [0.4, 0.5) is 13.2 Å². The molecule has 0 bridgehead atoms. The lowest BCUT2D eigenvalue weighted by Crippen LogP contribution is -2.08. The van der Waals surface area contributed by atoms with E-state index in [0.717, 1.165) is 35.4 Å². The van der Waals surface area contributed by atoms with Gasteiger partial charge in [-0.3, -0.25) is 4.79 Å². The Bertz CT molecular complexity index is 673. The van der Waals surface area contributed by atoms with Crippen molar-refractivity contribution in [3.05, 3.63) is 28.5 Å². The van der Waals surface area contributed by atoms with E-state index >= 15 is 0 Å². The zero-order chi connectivity index (χ0) is 15.6. The zero-order valence-electron chi connectivity index (χ0n) is 10.5. The number of halogens is 3. The first kappa shape index (κ1) is 15.7. The number of aliphatic carboxylic acids is 1. The highest BCUT2D eigenvalue weighted by molar-refractivity contribution is 8.00. The summed E-state index contributed by atoms with van der Waals surface area (Å²) in [5.41, 5.74) is -0.490. The van der Waals surface area contributed by atoms with Gasteiger partial charge in [-0.05, 0) is 24.8 Å². The molecular formula is C11H8F3N3O2S2. The van der Waals surface area contributed by atoms with E-state index in [1.165, 1.54) is 0 Å². The minimum Gasteiger partial charge on any atom is -0.481 e. The summed E-state index contributed by atoms with van der Waals surface area (Å²) in [5, 5.41) is 8.66. The van der Waals surface area contributed by atoms with Gasteiger partial charge in [0.25, 0.3) is 0 Å². The predicted octanol–water partition coefficient (Wildman–Crippen LogP) is 3.04. The van der Waals surface area contributed by atoms with Gasteiger partial charge >= 0.3 is 12.1 Å². The van der Waals surface area contributed by atoms with Gasteiger partial charge in [-0.15, -0.1) is 11.3 Å². The van der Waals surface area contributed by atoms with Gasteiger partial charge in [0.15, 0.2) is 9.50 Å². The molecule has 112 valence electrons. The van der Waals surface area contributed by atoms with E-state index in [1.807, 2.05) is 0 Å². The first-order valence-electron chi connectivity index (χ1n) is 5.52. The van der Waals surface area contributed by atoms with Crippen molar-refractivity contribution in [3.63, 3.8) is 0 Å². The van der Waals surface area contributed by atoms with Crippen LogP contribution in [0.1, 0.15) is 16.3 Å². The van der Waals surface area contributed by atoms with Crippen molar-refractivity contribution in [2.45, 2.75) is 29.0 Å². The molecule has 0 saturated heterocycles. The predicted molar refractivity (Wildman–Crippen MR) is 69.3 cm³/mol. The number of nitrogens with zero attached hydrogens (tertiary/aromatic N) is 3. The largest absolute Gasteiger partial charge is 0.481 e. The summed E-state index contributed by atoms with van der Waals surface area (Å²) in [7, 11) is 0. The van der Waals surface area contributed by atoms with Gasteiger partial charge in [-0.1, -0.05) is 0 Å². The second-order valence-electron chi connectivity index (χ2n) is 3.88. The molecule has 21 heavy (non-hydrogen) atoms. The molecule has 2 heterocycles. The van der Waals surface area contributed by atoms with E-state index in [1.54, 1.807) is 6.92 Å². The minimum absolute atomic E-state index is 0.0829. The lowest BCUT2D eigenvalue weighted by Gasteiger charge is -2.05. The van der Waals surface area contributed by atoms with E-state index < -0.39 is 17.8 Å². The molecule has 0 spiro atoms. The van der Waals surface area contributed by atoms with Gasteiger partial charge < -0.3 is 5.11 Å². The number of aryl methyl sites for hydroxylation is 1. The van der Waals surface area contributed by atoms with Gasteiger partial charge in [-0.2, -0.15) is 13.2 Å². The fourth-order valence-electron chi connectivity index (χ4n) is 1.37. The van der Waals surface area contributed by atoms with Crippen molar-refractivity contribution in [3.8, 4) is 0 Å². The molecule has 2 rings (SSSR count).